The summed E-state index contributed by atoms with van der Waals surface area (Å²) in [4.78, 5) is 0. The first-order valence-corrected chi connectivity index (χ1v) is 5.23. The molecule has 0 aromatic heterocycles. The molecule has 3 heteroatoms. The zero-order chi connectivity index (χ0) is 10.9. The predicted octanol–water partition coefficient (Wildman–Crippen LogP) is 1.96. The van der Waals surface area contributed by atoms with E-state index in [1.165, 1.54) is 5.56 Å². The number of nitrogens with one attached hydrogen (secondary N) is 1. The fraction of sp³-hybridized carbons (Fsp3) is 0.417. The Bertz CT molecular complexity index is 285. The van der Waals surface area contributed by atoms with Gasteiger partial charge in [-0.15, -0.1) is 0 Å². The summed E-state index contributed by atoms with van der Waals surface area (Å²) in [6.07, 6.45) is 2.41. The minimum Gasteiger partial charge on any atom is -0.388 e. The number of hydrogen-bond donors (Lipinski definition) is 2. The lowest BCUT2D eigenvalue weighted by molar-refractivity contribution is 0.136. The van der Waals surface area contributed by atoms with E-state index in [0.29, 0.717) is 13.0 Å². The Morgan fingerprint density at radius 2 is 1.93 bits per heavy atom. The van der Waals surface area contributed by atoms with Gasteiger partial charge in [-0.1, -0.05) is 30.3 Å². The van der Waals surface area contributed by atoms with Gasteiger partial charge in [0.2, 0.25) is 0 Å². The molecule has 0 saturated carbocycles. The average molecular weight is 206 g/mol. The minimum atomic E-state index is 0.238. The molecular weight excluding hydrogens is 188 g/mol. The molecule has 1 rings (SSSR count). The van der Waals surface area contributed by atoms with Crippen LogP contribution < -0.4 is 5.73 Å². The third-order valence-electron chi connectivity index (χ3n) is 2.11. The molecule has 0 saturated heterocycles. The molecule has 0 fully saturated rings. The van der Waals surface area contributed by atoms with Crippen molar-refractivity contribution in [2.45, 2.75) is 19.3 Å². The number of amidine groups is 1. The molecule has 0 unspecified atom stereocenters. The van der Waals surface area contributed by atoms with Crippen LogP contribution >= 0.6 is 0 Å². The first-order valence-electron chi connectivity index (χ1n) is 5.23. The van der Waals surface area contributed by atoms with Crippen molar-refractivity contribution in [2.75, 3.05) is 13.2 Å². The van der Waals surface area contributed by atoms with Crippen molar-refractivity contribution in [2.24, 2.45) is 5.73 Å². The van der Waals surface area contributed by atoms with Crippen molar-refractivity contribution in [3.05, 3.63) is 35.9 Å². The molecule has 15 heavy (non-hydrogen) atoms. The largest absolute Gasteiger partial charge is 0.388 e. The van der Waals surface area contributed by atoms with Crippen molar-refractivity contribution >= 4 is 5.84 Å². The van der Waals surface area contributed by atoms with E-state index in [2.05, 4.69) is 12.1 Å². The maximum absolute atomic E-state index is 7.03. The molecule has 3 nitrogen and oxygen atoms in total. The van der Waals surface area contributed by atoms with Gasteiger partial charge in [-0.2, -0.15) is 0 Å². The van der Waals surface area contributed by atoms with Gasteiger partial charge in [0, 0.05) is 13.0 Å². The summed E-state index contributed by atoms with van der Waals surface area (Å²) < 4.78 is 5.44. The summed E-state index contributed by atoms with van der Waals surface area (Å²) >= 11 is 0. The molecule has 0 heterocycles. The van der Waals surface area contributed by atoms with E-state index in [1.807, 2.05) is 18.2 Å². The van der Waals surface area contributed by atoms with E-state index in [0.717, 1.165) is 19.4 Å². The molecule has 0 atom stereocenters. The lowest BCUT2D eigenvalue weighted by Gasteiger charge is -2.03. The van der Waals surface area contributed by atoms with Gasteiger partial charge < -0.3 is 10.5 Å². The second kappa shape index (κ2) is 7.01. The molecule has 0 spiro atoms. The van der Waals surface area contributed by atoms with Gasteiger partial charge in [-0.3, -0.25) is 5.41 Å². The highest BCUT2D eigenvalue weighted by molar-refractivity contribution is 5.76. The molecule has 3 N–H and O–H groups in total. The van der Waals surface area contributed by atoms with E-state index < -0.39 is 0 Å². The van der Waals surface area contributed by atoms with Crippen LogP contribution in [0.4, 0.5) is 0 Å². The van der Waals surface area contributed by atoms with E-state index in [-0.39, 0.29) is 5.84 Å². The zero-order valence-electron chi connectivity index (χ0n) is 8.91. The molecule has 0 amide bonds. The van der Waals surface area contributed by atoms with Crippen LogP contribution in [0, 0.1) is 5.41 Å². The molecular formula is C12H18N2O. The summed E-state index contributed by atoms with van der Waals surface area (Å²) in [6, 6.07) is 10.3. The summed E-state index contributed by atoms with van der Waals surface area (Å²) in [6.45, 7) is 1.42. The van der Waals surface area contributed by atoms with Crippen LogP contribution in [0.1, 0.15) is 18.4 Å². The fourth-order valence-electron chi connectivity index (χ4n) is 1.30. The Morgan fingerprint density at radius 3 is 2.60 bits per heavy atom. The van der Waals surface area contributed by atoms with Gasteiger partial charge in [-0.05, 0) is 18.4 Å². The van der Waals surface area contributed by atoms with Crippen LogP contribution in [-0.2, 0) is 11.2 Å². The quantitative estimate of drug-likeness (QED) is 0.407. The van der Waals surface area contributed by atoms with Crippen molar-refractivity contribution in [3.8, 4) is 0 Å². The smallest absolute Gasteiger partial charge is 0.0906 e. The summed E-state index contributed by atoms with van der Waals surface area (Å²) in [5.74, 6) is 0.238. The van der Waals surface area contributed by atoms with Crippen molar-refractivity contribution in [1.82, 2.24) is 0 Å². The molecule has 1 aromatic carbocycles. The summed E-state index contributed by atoms with van der Waals surface area (Å²) in [5, 5.41) is 7.03. The van der Waals surface area contributed by atoms with Gasteiger partial charge in [-0.25, -0.2) is 0 Å². The highest BCUT2D eigenvalue weighted by Crippen LogP contribution is 2.00. The van der Waals surface area contributed by atoms with Crippen LogP contribution in [0.25, 0.3) is 0 Å². The highest BCUT2D eigenvalue weighted by Gasteiger charge is 1.93. The monoisotopic (exact) mass is 206 g/mol. The third-order valence-corrected chi connectivity index (χ3v) is 2.11. The van der Waals surface area contributed by atoms with Crippen LogP contribution in [0.15, 0.2) is 30.3 Å². The van der Waals surface area contributed by atoms with Gasteiger partial charge in [0.15, 0.2) is 0 Å². The van der Waals surface area contributed by atoms with Crippen LogP contribution in [0.5, 0.6) is 0 Å². The Balaban J connectivity index is 2.00. The number of nitrogens with two attached hydrogens (primary N) is 1. The second-order valence-corrected chi connectivity index (χ2v) is 3.48. The molecule has 0 aliphatic carbocycles. The summed E-state index contributed by atoms with van der Waals surface area (Å²) in [5.41, 5.74) is 6.52. The van der Waals surface area contributed by atoms with E-state index in [9.17, 15) is 0 Å². The Kier molecular flexibility index (Phi) is 5.48. The Hall–Kier alpha value is -1.35. The lowest BCUT2D eigenvalue weighted by atomic mass is 10.2. The predicted molar refractivity (Wildman–Crippen MR) is 62.1 cm³/mol. The van der Waals surface area contributed by atoms with Crippen molar-refractivity contribution in [3.63, 3.8) is 0 Å². The lowest BCUT2D eigenvalue weighted by Crippen LogP contribution is -2.10. The highest BCUT2D eigenvalue weighted by atomic mass is 16.5. The number of benzene rings is 1. The zero-order valence-corrected chi connectivity index (χ0v) is 8.91. The maximum Gasteiger partial charge on any atom is 0.0906 e. The first kappa shape index (κ1) is 11.7. The SMILES string of the molecule is N=C(N)CCCOCCc1ccccc1. The van der Waals surface area contributed by atoms with Crippen LogP contribution in [0.2, 0.25) is 0 Å². The van der Waals surface area contributed by atoms with E-state index >= 15 is 0 Å². The molecule has 82 valence electrons. The maximum atomic E-state index is 7.03. The molecule has 0 aliphatic heterocycles. The molecule has 1 aromatic rings. The number of ether oxygens (including phenoxy) is 1. The molecule has 0 aliphatic rings. The standard InChI is InChI=1S/C12H18N2O/c13-12(14)7-4-9-15-10-8-11-5-2-1-3-6-11/h1-3,5-6H,4,7-10H2,(H3,13,14). The van der Waals surface area contributed by atoms with Gasteiger partial charge >= 0.3 is 0 Å². The Labute approximate surface area is 90.8 Å². The average Bonchev–Trinajstić information content (AvgIpc) is 2.24. The first-order chi connectivity index (χ1) is 7.29. The Morgan fingerprint density at radius 1 is 1.20 bits per heavy atom. The van der Waals surface area contributed by atoms with Gasteiger partial charge in [0.05, 0.1) is 12.4 Å². The normalized spacial score (nSPS) is 10.1. The second-order valence-electron chi connectivity index (χ2n) is 3.48. The van der Waals surface area contributed by atoms with Gasteiger partial charge in [0.1, 0.15) is 0 Å². The van der Waals surface area contributed by atoms with Crippen molar-refractivity contribution in [1.29, 1.82) is 5.41 Å². The van der Waals surface area contributed by atoms with Crippen molar-refractivity contribution < 1.29 is 4.74 Å². The summed E-state index contributed by atoms with van der Waals surface area (Å²) in [7, 11) is 0. The van der Waals surface area contributed by atoms with Crippen LogP contribution in [0.3, 0.4) is 0 Å². The van der Waals surface area contributed by atoms with E-state index in [4.69, 9.17) is 15.9 Å². The number of rotatable bonds is 7. The van der Waals surface area contributed by atoms with Gasteiger partial charge in [0.25, 0.3) is 0 Å². The minimum absolute atomic E-state index is 0.238. The van der Waals surface area contributed by atoms with Crippen LogP contribution in [-0.4, -0.2) is 19.0 Å². The third kappa shape index (κ3) is 5.86. The number of hydrogen-bond acceptors (Lipinski definition) is 2. The fourth-order valence-corrected chi connectivity index (χ4v) is 1.30. The molecule has 0 bridgehead atoms. The van der Waals surface area contributed by atoms with E-state index in [1.54, 1.807) is 0 Å². The topological polar surface area (TPSA) is 59.1 Å². The molecule has 0 radical (unpaired) electrons.